The second-order valence-corrected chi connectivity index (χ2v) is 5.21. The van der Waals surface area contributed by atoms with E-state index >= 15 is 0 Å². The normalized spacial score (nSPS) is 10.8. The van der Waals surface area contributed by atoms with E-state index in [0.29, 0.717) is 5.56 Å². The summed E-state index contributed by atoms with van der Waals surface area (Å²) in [6, 6.07) is 9.16. The molecule has 9 heteroatoms. The van der Waals surface area contributed by atoms with Gasteiger partial charge in [-0.2, -0.15) is 0 Å². The van der Waals surface area contributed by atoms with Gasteiger partial charge >= 0.3 is 11.4 Å². The zero-order chi connectivity index (χ0) is 18.3. The molecule has 0 saturated heterocycles. The molecule has 1 aromatic heterocycles. The molecule has 3 aromatic rings. The first kappa shape index (κ1) is 16.1. The lowest BCUT2D eigenvalue weighted by Crippen LogP contribution is -2.10. The second kappa shape index (κ2) is 5.71. The number of aromatic hydroxyl groups is 1. The van der Waals surface area contributed by atoms with Crippen molar-refractivity contribution in [3.05, 3.63) is 72.6 Å². The van der Waals surface area contributed by atoms with Crippen LogP contribution in [-0.4, -0.2) is 15.0 Å². The van der Waals surface area contributed by atoms with Crippen LogP contribution in [0.4, 0.5) is 11.4 Å². The number of fused-ring (bicyclic) bond motifs is 1. The van der Waals surface area contributed by atoms with Crippen LogP contribution in [0.3, 0.4) is 0 Å². The monoisotopic (exact) mass is 342 g/mol. The Kier molecular flexibility index (Phi) is 3.68. The summed E-state index contributed by atoms with van der Waals surface area (Å²) < 4.78 is 5.44. The number of nitro benzene ring substituents is 2. The summed E-state index contributed by atoms with van der Waals surface area (Å²) in [6.45, 7) is 1.48. The number of benzene rings is 2. The lowest BCUT2D eigenvalue weighted by atomic mass is 10.0. The largest absolute Gasteiger partial charge is 0.497 e. The van der Waals surface area contributed by atoms with Gasteiger partial charge in [0.25, 0.3) is 5.75 Å². The molecule has 126 valence electrons. The van der Waals surface area contributed by atoms with Gasteiger partial charge in [-0.3, -0.25) is 25.0 Å². The van der Waals surface area contributed by atoms with Crippen molar-refractivity contribution in [3.8, 4) is 16.9 Å². The van der Waals surface area contributed by atoms with Crippen molar-refractivity contribution < 1.29 is 19.4 Å². The van der Waals surface area contributed by atoms with E-state index in [-0.39, 0.29) is 16.9 Å². The molecule has 25 heavy (non-hydrogen) atoms. The van der Waals surface area contributed by atoms with Gasteiger partial charge in [-0.25, -0.2) is 0 Å². The third-order valence-corrected chi connectivity index (χ3v) is 3.73. The Morgan fingerprint density at radius 3 is 2.28 bits per heavy atom. The van der Waals surface area contributed by atoms with Crippen LogP contribution in [0.5, 0.6) is 5.75 Å². The van der Waals surface area contributed by atoms with E-state index in [1.54, 1.807) is 30.3 Å². The Morgan fingerprint density at radius 2 is 1.72 bits per heavy atom. The maximum atomic E-state index is 12.9. The zero-order valence-electron chi connectivity index (χ0n) is 12.8. The van der Waals surface area contributed by atoms with Crippen molar-refractivity contribution in [2.75, 3.05) is 0 Å². The Hall–Kier alpha value is -3.75. The predicted octanol–water partition coefficient (Wildman–Crippen LogP) is 3.29. The molecule has 3 rings (SSSR count). The molecule has 0 radical (unpaired) electrons. The SMILES string of the molecule is Cc1oc2cc([N+](=O)[O-])c(O)c([N+](=O)[O-])c2c(=O)c1-c1ccccc1. The van der Waals surface area contributed by atoms with Gasteiger partial charge in [0.1, 0.15) is 11.1 Å². The first-order valence-corrected chi connectivity index (χ1v) is 7.00. The number of phenolic OH excluding ortho intramolecular Hbond substituents is 1. The highest BCUT2D eigenvalue weighted by molar-refractivity contribution is 5.95. The molecule has 0 atom stereocenters. The van der Waals surface area contributed by atoms with E-state index in [9.17, 15) is 30.1 Å². The number of nitrogens with zero attached hydrogens (tertiary/aromatic N) is 2. The molecule has 0 unspecified atom stereocenters. The maximum absolute atomic E-state index is 12.9. The molecule has 0 aliphatic rings. The molecule has 0 aliphatic heterocycles. The average Bonchev–Trinajstić information content (AvgIpc) is 2.55. The first-order valence-electron chi connectivity index (χ1n) is 7.00. The highest BCUT2D eigenvalue weighted by Crippen LogP contribution is 2.41. The zero-order valence-corrected chi connectivity index (χ0v) is 12.8. The van der Waals surface area contributed by atoms with Gasteiger partial charge in [0.15, 0.2) is 5.58 Å². The summed E-state index contributed by atoms with van der Waals surface area (Å²) in [4.78, 5) is 33.2. The molecule has 9 nitrogen and oxygen atoms in total. The van der Waals surface area contributed by atoms with Gasteiger partial charge in [-0.15, -0.1) is 0 Å². The average molecular weight is 342 g/mol. The van der Waals surface area contributed by atoms with Crippen molar-refractivity contribution in [1.82, 2.24) is 0 Å². The lowest BCUT2D eigenvalue weighted by molar-refractivity contribution is -0.395. The minimum atomic E-state index is -1.18. The molecular formula is C16H10N2O7. The van der Waals surface area contributed by atoms with Crippen LogP contribution >= 0.6 is 0 Å². The van der Waals surface area contributed by atoms with Crippen molar-refractivity contribution in [2.24, 2.45) is 0 Å². The smallest absolute Gasteiger partial charge is 0.332 e. The summed E-state index contributed by atoms with van der Waals surface area (Å²) >= 11 is 0. The van der Waals surface area contributed by atoms with E-state index < -0.39 is 37.8 Å². The van der Waals surface area contributed by atoms with Gasteiger partial charge in [-0.05, 0) is 12.5 Å². The number of nitro groups is 2. The topological polar surface area (TPSA) is 137 Å². The molecule has 0 spiro atoms. The van der Waals surface area contributed by atoms with E-state index in [0.717, 1.165) is 6.07 Å². The maximum Gasteiger partial charge on any atom is 0.332 e. The summed E-state index contributed by atoms with van der Waals surface area (Å²) in [5.41, 5.74) is -2.48. The van der Waals surface area contributed by atoms with Crippen LogP contribution in [0.15, 0.2) is 45.6 Å². The first-order chi connectivity index (χ1) is 11.8. The van der Waals surface area contributed by atoms with E-state index in [1.807, 2.05) is 0 Å². The lowest BCUT2D eigenvalue weighted by Gasteiger charge is -2.08. The molecule has 2 aromatic carbocycles. The standard InChI is InChI=1S/C16H10N2O7/c1-8-12(9-5-3-2-4-6-9)16(20)13-11(25-8)7-10(17(21)22)15(19)14(13)18(23)24/h2-7,19H,1H3. The Labute approximate surface area is 139 Å². The molecular weight excluding hydrogens is 332 g/mol. The van der Waals surface area contributed by atoms with Crippen molar-refractivity contribution >= 4 is 22.3 Å². The molecule has 1 N–H and O–H groups in total. The van der Waals surface area contributed by atoms with Crippen LogP contribution in [-0.2, 0) is 0 Å². The molecule has 0 fully saturated rings. The number of hydrogen-bond acceptors (Lipinski definition) is 7. The molecule has 0 aliphatic carbocycles. The fourth-order valence-electron chi connectivity index (χ4n) is 2.68. The Bertz CT molecular complexity index is 1090. The summed E-state index contributed by atoms with van der Waals surface area (Å²) in [7, 11) is 0. The highest BCUT2D eigenvalue weighted by Gasteiger charge is 2.32. The fourth-order valence-corrected chi connectivity index (χ4v) is 2.68. The van der Waals surface area contributed by atoms with Crippen molar-refractivity contribution in [3.63, 3.8) is 0 Å². The number of aryl methyl sites for hydroxylation is 1. The van der Waals surface area contributed by atoms with Gasteiger partial charge in [-0.1, -0.05) is 30.3 Å². The number of hydrogen-bond donors (Lipinski definition) is 1. The molecule has 1 heterocycles. The van der Waals surface area contributed by atoms with E-state index in [2.05, 4.69) is 0 Å². The Balaban J connectivity index is 2.53. The third-order valence-electron chi connectivity index (χ3n) is 3.73. The van der Waals surface area contributed by atoms with Crippen LogP contribution in [0.1, 0.15) is 5.76 Å². The van der Waals surface area contributed by atoms with Gasteiger partial charge in [0.2, 0.25) is 5.43 Å². The van der Waals surface area contributed by atoms with Crippen LogP contribution in [0, 0.1) is 27.2 Å². The molecule has 0 bridgehead atoms. The quantitative estimate of drug-likeness (QED) is 0.569. The predicted molar refractivity (Wildman–Crippen MR) is 87.6 cm³/mol. The Morgan fingerprint density at radius 1 is 1.08 bits per heavy atom. The second-order valence-electron chi connectivity index (χ2n) is 5.21. The van der Waals surface area contributed by atoms with Gasteiger partial charge in [0, 0.05) is 0 Å². The van der Waals surface area contributed by atoms with Gasteiger partial charge in [0.05, 0.1) is 21.5 Å². The highest BCUT2D eigenvalue weighted by atomic mass is 16.6. The third kappa shape index (κ3) is 2.47. The summed E-state index contributed by atoms with van der Waals surface area (Å²) in [6.07, 6.45) is 0. The molecule has 0 amide bonds. The van der Waals surface area contributed by atoms with Crippen molar-refractivity contribution in [1.29, 1.82) is 0 Å². The molecule has 0 saturated carbocycles. The van der Waals surface area contributed by atoms with Crippen LogP contribution in [0.25, 0.3) is 22.1 Å². The summed E-state index contributed by atoms with van der Waals surface area (Å²) in [5.74, 6) is -1.03. The number of phenols is 1. The fraction of sp³-hybridized carbons (Fsp3) is 0.0625. The van der Waals surface area contributed by atoms with Crippen LogP contribution < -0.4 is 5.43 Å². The summed E-state index contributed by atoms with van der Waals surface area (Å²) in [5, 5.41) is 31.7. The van der Waals surface area contributed by atoms with Gasteiger partial charge < -0.3 is 9.52 Å². The van der Waals surface area contributed by atoms with Crippen molar-refractivity contribution in [2.45, 2.75) is 6.92 Å². The van der Waals surface area contributed by atoms with E-state index in [4.69, 9.17) is 4.42 Å². The minimum Gasteiger partial charge on any atom is -0.497 e. The van der Waals surface area contributed by atoms with Crippen LogP contribution in [0.2, 0.25) is 0 Å². The van der Waals surface area contributed by atoms with E-state index in [1.165, 1.54) is 6.92 Å². The minimum absolute atomic E-state index is 0.0875. The number of rotatable bonds is 3.